The number of nitrogens with zero attached hydrogens (tertiary/aromatic N) is 1. The number of hydrogen-bond donors (Lipinski definition) is 1. The lowest BCUT2D eigenvalue weighted by Gasteiger charge is -2.42. The Morgan fingerprint density at radius 3 is 2.14 bits per heavy atom. The van der Waals surface area contributed by atoms with Crippen molar-refractivity contribution < 1.29 is 0 Å². The highest BCUT2D eigenvalue weighted by atomic mass is 32.1. The smallest absolute Gasteiger partial charge is 0.248 e. The molecule has 2 heterocycles. The fourth-order valence-electron chi connectivity index (χ4n) is 10.8. The molecule has 1 N–H and O–H groups in total. The second-order valence-electron chi connectivity index (χ2n) is 27.2. The molecular formula is C66H95BN2S. The van der Waals surface area contributed by atoms with Gasteiger partial charge in [0, 0.05) is 32.8 Å². The van der Waals surface area contributed by atoms with Crippen LogP contribution in [-0.2, 0) is 10.8 Å². The van der Waals surface area contributed by atoms with Crippen molar-refractivity contribution in [1.29, 1.82) is 0 Å². The molecule has 70 heavy (non-hydrogen) atoms. The average Bonchev–Trinajstić information content (AvgIpc) is 3.65. The summed E-state index contributed by atoms with van der Waals surface area (Å²) in [6.45, 7) is 46.2. The molecule has 0 amide bonds. The molecule has 0 radical (unpaired) electrons. The molecule has 0 bridgehead atoms. The van der Waals surface area contributed by atoms with Gasteiger partial charge in [0.2, 0.25) is 6.71 Å². The number of hydrogen-bond acceptors (Lipinski definition) is 3. The van der Waals surface area contributed by atoms with Crippen molar-refractivity contribution in [2.24, 2.45) is 33.5 Å². The van der Waals surface area contributed by atoms with E-state index in [4.69, 9.17) is 0 Å². The van der Waals surface area contributed by atoms with Crippen LogP contribution in [0.5, 0.6) is 0 Å². The van der Waals surface area contributed by atoms with Crippen LogP contribution in [0.25, 0.3) is 15.7 Å². The number of thiophene rings is 1. The van der Waals surface area contributed by atoms with Gasteiger partial charge in [0.25, 0.3) is 0 Å². The van der Waals surface area contributed by atoms with Gasteiger partial charge in [-0.15, -0.1) is 17.3 Å². The largest absolute Gasteiger partial charge is 0.362 e. The van der Waals surface area contributed by atoms with E-state index in [1.807, 2.05) is 11.3 Å². The van der Waals surface area contributed by atoms with Crippen LogP contribution in [0, 0.1) is 33.5 Å². The molecule has 378 valence electrons. The summed E-state index contributed by atoms with van der Waals surface area (Å²) in [7, 11) is 0. The summed E-state index contributed by atoms with van der Waals surface area (Å²) < 4.78 is 2.83. The van der Waals surface area contributed by atoms with E-state index in [0.717, 1.165) is 38.6 Å². The highest BCUT2D eigenvalue weighted by molar-refractivity contribution is 7.31. The molecule has 2 aliphatic carbocycles. The zero-order valence-electron chi connectivity index (χ0n) is 47.4. The van der Waals surface area contributed by atoms with Crippen LogP contribution in [0.2, 0.25) is 0 Å². The van der Waals surface area contributed by atoms with Crippen LogP contribution < -0.4 is 15.0 Å². The van der Waals surface area contributed by atoms with Crippen molar-refractivity contribution >= 4 is 44.2 Å². The van der Waals surface area contributed by atoms with Gasteiger partial charge < -0.3 is 10.2 Å². The Kier molecular flexibility index (Phi) is 17.4. The van der Waals surface area contributed by atoms with Gasteiger partial charge >= 0.3 is 0 Å². The van der Waals surface area contributed by atoms with E-state index in [-0.39, 0.29) is 39.2 Å². The summed E-state index contributed by atoms with van der Waals surface area (Å²) in [5.74, 6) is 3.77. The molecule has 0 saturated heterocycles. The molecule has 4 heteroatoms. The lowest BCUT2D eigenvalue weighted by Crippen LogP contribution is -2.45. The maximum Gasteiger partial charge on any atom is 0.248 e. The maximum absolute atomic E-state index is 4.37. The van der Waals surface area contributed by atoms with E-state index < -0.39 is 0 Å². The van der Waals surface area contributed by atoms with Crippen molar-refractivity contribution in [2.45, 2.75) is 193 Å². The molecule has 3 aromatic rings. The van der Waals surface area contributed by atoms with E-state index in [9.17, 15) is 0 Å². The number of anilines is 1. The van der Waals surface area contributed by atoms with Crippen LogP contribution in [0.4, 0.5) is 5.69 Å². The summed E-state index contributed by atoms with van der Waals surface area (Å²) in [6.07, 6.45) is 32.8. The van der Waals surface area contributed by atoms with Crippen LogP contribution in [0.1, 0.15) is 199 Å². The third-order valence-electron chi connectivity index (χ3n) is 16.0. The molecule has 0 unspecified atom stereocenters. The van der Waals surface area contributed by atoms with E-state index >= 15 is 0 Å². The van der Waals surface area contributed by atoms with Crippen molar-refractivity contribution in [1.82, 2.24) is 5.32 Å². The number of nitrogens with one attached hydrogen (secondary N) is 1. The third kappa shape index (κ3) is 13.9. The molecule has 0 spiro atoms. The quantitative estimate of drug-likeness (QED) is 0.121. The Balaban J connectivity index is 1.66. The summed E-state index contributed by atoms with van der Waals surface area (Å²) in [5, 5.41) is 5.53. The molecule has 1 aromatic heterocycles. The minimum Gasteiger partial charge on any atom is -0.362 e. The lowest BCUT2D eigenvalue weighted by atomic mass is 9.41. The highest BCUT2D eigenvalue weighted by Gasteiger charge is 2.41. The number of fused-ring (bicyclic) bond motifs is 4. The molecule has 0 atom stereocenters. The average molecular weight is 959 g/mol. The Morgan fingerprint density at radius 1 is 0.857 bits per heavy atom. The van der Waals surface area contributed by atoms with Gasteiger partial charge in [-0.05, 0) is 160 Å². The fraction of sp³-hybridized carbons (Fsp3) is 0.545. The van der Waals surface area contributed by atoms with Gasteiger partial charge in [0.1, 0.15) is 0 Å². The van der Waals surface area contributed by atoms with Gasteiger partial charge in [-0.1, -0.05) is 203 Å². The Bertz CT molecular complexity index is 2530. The first kappa shape index (κ1) is 55.3. The first-order chi connectivity index (χ1) is 32.6. The van der Waals surface area contributed by atoms with Gasteiger partial charge in [0.15, 0.2) is 0 Å². The predicted molar refractivity (Wildman–Crippen MR) is 316 cm³/mol. The van der Waals surface area contributed by atoms with Crippen molar-refractivity contribution in [3.8, 4) is 0 Å². The van der Waals surface area contributed by atoms with Gasteiger partial charge in [0.05, 0.1) is 5.69 Å². The molecule has 1 aliphatic heterocycles. The van der Waals surface area contributed by atoms with Crippen molar-refractivity contribution in [3.05, 3.63) is 149 Å². The predicted octanol–water partition coefficient (Wildman–Crippen LogP) is 19.0. The van der Waals surface area contributed by atoms with Crippen LogP contribution >= 0.6 is 11.3 Å². The molecule has 2 nitrogen and oxygen atoms in total. The minimum absolute atomic E-state index is 0.0290. The zero-order valence-corrected chi connectivity index (χ0v) is 48.2. The molecule has 0 saturated carbocycles. The SMILES string of the molecule is C=C/C(=C\C=C\B1/C(=C\NC2=C(\c3ccccc3)CC(C)(C)CCC(C)(C)C/C=C\2)CN(C(/C=C\CC(C)C)=C/CC(C)(C)C)c2c1sc1cc3c(cc21)C(C)(C)CCC3(C)C)C(C)(C)CCC(C)C. The van der Waals surface area contributed by atoms with Gasteiger partial charge in [-0.25, -0.2) is 0 Å². The Morgan fingerprint density at radius 2 is 1.51 bits per heavy atom. The second-order valence-corrected chi connectivity index (χ2v) is 28.3. The first-order valence-electron chi connectivity index (χ1n) is 27.3. The number of benzene rings is 2. The standard InChI is InChI=1S/C66H95BN2S/c1-19-50(64(13,14)36-32-48(4)5)29-25-41-67-51(45-68-57-31-24-34-62(9,10)37-38-63(11,12)44-54(57)49-27-21-20-22-28-49)46-69(52(30-23-26-47(2)3)33-35-61(6,7)8)59-53-42-55-56(43-58(53)70-60(59)67)66(17,18)40-39-65(55,15)16/h19-25,27-31,33,41-43,45,47-48,68H,1,26,32,34-40,44,46H2,2-18H3/b30-23-,31-24-,41-25+,50-29+,51-45-,52-33+,57-54-. The summed E-state index contributed by atoms with van der Waals surface area (Å²) in [6, 6.07) is 16.4. The minimum atomic E-state index is 0.0290. The molecule has 3 aliphatic rings. The van der Waals surface area contributed by atoms with E-state index in [2.05, 4.69) is 238 Å². The van der Waals surface area contributed by atoms with E-state index in [0.29, 0.717) is 11.8 Å². The topological polar surface area (TPSA) is 15.3 Å². The monoisotopic (exact) mass is 959 g/mol. The molecular weight excluding hydrogens is 864 g/mol. The van der Waals surface area contributed by atoms with Gasteiger partial charge in [-0.2, -0.15) is 0 Å². The van der Waals surface area contributed by atoms with Gasteiger partial charge in [-0.3, -0.25) is 0 Å². The van der Waals surface area contributed by atoms with E-state index in [1.165, 1.54) is 97.4 Å². The zero-order chi connectivity index (χ0) is 51.5. The van der Waals surface area contributed by atoms with Crippen LogP contribution in [0.3, 0.4) is 0 Å². The number of rotatable bonds is 15. The third-order valence-corrected chi connectivity index (χ3v) is 17.2. The fourth-order valence-corrected chi connectivity index (χ4v) is 12.1. The maximum atomic E-state index is 4.37. The molecule has 6 rings (SSSR count). The summed E-state index contributed by atoms with van der Waals surface area (Å²) >= 11 is 2.03. The highest BCUT2D eigenvalue weighted by Crippen LogP contribution is 2.50. The normalized spacial score (nSPS) is 22.1. The molecule has 2 aromatic carbocycles. The van der Waals surface area contributed by atoms with Crippen molar-refractivity contribution in [2.75, 3.05) is 11.4 Å². The Labute approximate surface area is 433 Å². The van der Waals surface area contributed by atoms with Crippen LogP contribution in [-0.4, -0.2) is 13.3 Å². The first-order valence-corrected chi connectivity index (χ1v) is 28.1. The second kappa shape index (κ2) is 22.0. The molecule has 0 fully saturated rings. The summed E-state index contributed by atoms with van der Waals surface area (Å²) in [4.78, 5) is 2.71. The van der Waals surface area contributed by atoms with E-state index in [1.54, 1.807) is 0 Å². The number of allylic oxidation sites excluding steroid dienone is 10. The van der Waals surface area contributed by atoms with Crippen LogP contribution in [0.15, 0.2) is 132 Å². The Hall–Kier alpha value is -4.02. The summed E-state index contributed by atoms with van der Waals surface area (Å²) in [5.41, 5.74) is 13.1. The lowest BCUT2D eigenvalue weighted by molar-refractivity contribution is 0.244. The van der Waals surface area contributed by atoms with Crippen molar-refractivity contribution in [3.63, 3.8) is 0 Å².